The van der Waals surface area contributed by atoms with Crippen molar-refractivity contribution in [3.63, 3.8) is 0 Å². The summed E-state index contributed by atoms with van der Waals surface area (Å²) < 4.78 is 23.4. The summed E-state index contributed by atoms with van der Waals surface area (Å²) in [5.41, 5.74) is 4.40. The molecule has 0 saturated carbocycles. The van der Waals surface area contributed by atoms with Crippen LogP contribution in [0.1, 0.15) is 59.9 Å². The molecule has 8 nitrogen and oxygen atoms in total. The Morgan fingerprint density at radius 2 is 0.955 bits per heavy atom. The summed E-state index contributed by atoms with van der Waals surface area (Å²) in [5.74, 6) is 2.84. The van der Waals surface area contributed by atoms with Crippen molar-refractivity contribution in [1.82, 2.24) is 0 Å². The molecule has 2 aliphatic heterocycles. The summed E-state index contributed by atoms with van der Waals surface area (Å²) in [6, 6.07) is 40.0. The van der Waals surface area contributed by atoms with E-state index in [1.54, 1.807) is 24.3 Å². The number of anilines is 2. The van der Waals surface area contributed by atoms with Gasteiger partial charge in [-0.3, -0.25) is 9.59 Å². The van der Waals surface area contributed by atoms with Crippen LogP contribution in [0.2, 0.25) is 0 Å². The lowest BCUT2D eigenvalue weighted by molar-refractivity contribution is -0.123. The van der Waals surface area contributed by atoms with Crippen molar-refractivity contribution < 1.29 is 28.5 Å². The highest BCUT2D eigenvalue weighted by Crippen LogP contribution is 2.54. The molecule has 5 aromatic rings. The van der Waals surface area contributed by atoms with Crippen LogP contribution in [0.5, 0.6) is 17.2 Å². The van der Waals surface area contributed by atoms with Crippen LogP contribution < -0.4 is 24.0 Å². The third-order valence-corrected chi connectivity index (χ3v) is 12.9. The zero-order valence-corrected chi connectivity index (χ0v) is 37.6. The quantitative estimate of drug-likeness (QED) is 0.0480. The monoisotopic (exact) mass is 878 g/mol. The molecule has 5 aromatic carbocycles. The van der Waals surface area contributed by atoms with Crippen LogP contribution in [0.4, 0.5) is 11.4 Å². The van der Waals surface area contributed by atoms with E-state index in [0.717, 1.165) is 76.4 Å². The maximum Gasteiger partial charge on any atom is 0.246 e. The molecule has 0 fully saturated rings. The van der Waals surface area contributed by atoms with Crippen molar-refractivity contribution in [2.75, 3.05) is 49.3 Å². The van der Waals surface area contributed by atoms with Crippen LogP contribution in [0.25, 0.3) is 0 Å². The zero-order chi connectivity index (χ0) is 45.9. The van der Waals surface area contributed by atoms with Crippen molar-refractivity contribution in [2.45, 2.75) is 42.9 Å². The van der Waals surface area contributed by atoms with Crippen molar-refractivity contribution in [2.24, 2.45) is 5.92 Å². The first-order valence-corrected chi connectivity index (χ1v) is 22.9. The van der Waals surface area contributed by atoms with Gasteiger partial charge in [-0.05, 0) is 102 Å². The number of unbranched alkanes of at least 4 members (excludes halogenated alkanes) is 3. The van der Waals surface area contributed by atoms with E-state index in [1.807, 2.05) is 113 Å². The van der Waals surface area contributed by atoms with Gasteiger partial charge in [0.1, 0.15) is 60.3 Å². The number of rotatable bonds is 23. The molecule has 1 aliphatic carbocycles. The second-order valence-corrected chi connectivity index (χ2v) is 16.7. The van der Waals surface area contributed by atoms with Crippen molar-refractivity contribution in [3.05, 3.63) is 224 Å². The van der Waals surface area contributed by atoms with Gasteiger partial charge in [-0.2, -0.15) is 0 Å². The number of hydrogen-bond donors (Lipinski definition) is 0. The maximum atomic E-state index is 15.3. The molecule has 0 aromatic heterocycles. The number of allylic oxidation sites excluding steroid dienone is 3. The van der Waals surface area contributed by atoms with E-state index in [1.165, 1.54) is 0 Å². The van der Waals surface area contributed by atoms with E-state index in [0.29, 0.717) is 57.4 Å². The predicted octanol–water partition coefficient (Wildman–Crippen LogP) is 11.6. The number of amides is 2. The summed E-state index contributed by atoms with van der Waals surface area (Å²) in [5, 5.41) is 0. The van der Waals surface area contributed by atoms with Crippen LogP contribution in [-0.4, -0.2) is 51.3 Å². The standard InChI is InChI=1S/C58H58N2O6/c1-5-39-63-47-29-21-43(22-30-47)57(44-23-31-48(32-24-44)64-40-6-2)51-17-11-13-19-53(51)59(55(57)61)37-15-9-10-16-38-60-54-20-14-12-18-52(54)58(56(60)62,45-25-33-49(34-26-45)65-41-7-3)46-27-35-50(36-28-46)66-42-8-4/h5-8,11-14,17-27,29-36,46H,1-4,9-10,15-16,28,37-42H2. The maximum absolute atomic E-state index is 15.3. The average molecular weight is 879 g/mol. The first kappa shape index (κ1) is 45.3. The Labute approximate surface area is 389 Å². The number of ether oxygens (including phenoxy) is 4. The molecular formula is C58H58N2O6. The van der Waals surface area contributed by atoms with Gasteiger partial charge in [-0.25, -0.2) is 0 Å². The topological polar surface area (TPSA) is 77.5 Å². The van der Waals surface area contributed by atoms with Gasteiger partial charge in [0.15, 0.2) is 0 Å². The molecule has 2 amide bonds. The van der Waals surface area contributed by atoms with Crippen molar-refractivity contribution in [3.8, 4) is 17.2 Å². The van der Waals surface area contributed by atoms with Crippen molar-refractivity contribution in [1.29, 1.82) is 0 Å². The molecule has 0 bridgehead atoms. The van der Waals surface area contributed by atoms with Gasteiger partial charge in [-0.15, -0.1) is 0 Å². The minimum absolute atomic E-state index is 0.00475. The number of carbonyl (C=O) groups is 2. The molecule has 0 spiro atoms. The fourth-order valence-corrected chi connectivity index (χ4v) is 9.91. The Balaban J connectivity index is 1.00. The van der Waals surface area contributed by atoms with Crippen LogP contribution in [0.15, 0.2) is 196 Å². The molecule has 0 N–H and O–H groups in total. The third-order valence-electron chi connectivity index (χ3n) is 12.9. The fourth-order valence-electron chi connectivity index (χ4n) is 9.91. The minimum atomic E-state index is -1.08. The number of carbonyl (C=O) groups excluding carboxylic acids is 2. The second-order valence-electron chi connectivity index (χ2n) is 16.7. The Hall–Kier alpha value is -7.32. The summed E-state index contributed by atoms with van der Waals surface area (Å²) >= 11 is 0. The molecule has 3 aliphatic rings. The molecular weight excluding hydrogens is 821 g/mol. The summed E-state index contributed by atoms with van der Waals surface area (Å²) in [4.78, 5) is 34.5. The van der Waals surface area contributed by atoms with E-state index < -0.39 is 10.8 Å². The van der Waals surface area contributed by atoms with Crippen LogP contribution in [0.3, 0.4) is 0 Å². The highest BCUT2D eigenvalue weighted by atomic mass is 16.5. The number of fused-ring (bicyclic) bond motifs is 2. The molecule has 2 heterocycles. The lowest BCUT2D eigenvalue weighted by Crippen LogP contribution is -2.46. The molecule has 8 rings (SSSR count). The predicted molar refractivity (Wildman–Crippen MR) is 265 cm³/mol. The molecule has 2 atom stereocenters. The van der Waals surface area contributed by atoms with Crippen LogP contribution >= 0.6 is 0 Å². The van der Waals surface area contributed by atoms with E-state index in [4.69, 9.17) is 18.9 Å². The molecule has 66 heavy (non-hydrogen) atoms. The Kier molecular flexibility index (Phi) is 14.2. The van der Waals surface area contributed by atoms with Gasteiger partial charge in [0.05, 0.1) is 0 Å². The SMILES string of the molecule is C=CCOC1=CCC(C2(c3ccc(OCC=C)cc3)C(=O)N(CCCCCCN3C(=O)C(c4ccc(OCC=C)cc4)(c4ccc(OCC=C)cc4)c4ccccc43)c3ccccc32)C=C1. The summed E-state index contributed by atoms with van der Waals surface area (Å²) in [6.45, 7) is 17.8. The van der Waals surface area contributed by atoms with Gasteiger partial charge in [0.2, 0.25) is 11.8 Å². The minimum Gasteiger partial charge on any atom is -0.490 e. The number of benzene rings is 5. The first-order valence-electron chi connectivity index (χ1n) is 22.9. The van der Waals surface area contributed by atoms with Gasteiger partial charge in [0.25, 0.3) is 0 Å². The average Bonchev–Trinajstić information content (AvgIpc) is 3.77. The fraction of sp³-hybridized carbons (Fsp3) is 0.241. The van der Waals surface area contributed by atoms with Crippen molar-refractivity contribution >= 4 is 23.2 Å². The van der Waals surface area contributed by atoms with Crippen LogP contribution in [-0.2, 0) is 25.2 Å². The summed E-state index contributed by atoms with van der Waals surface area (Å²) in [6.07, 6.45) is 17.1. The van der Waals surface area contributed by atoms with Gasteiger partial charge >= 0.3 is 0 Å². The lowest BCUT2D eigenvalue weighted by Gasteiger charge is -2.37. The third kappa shape index (κ3) is 8.51. The molecule has 8 heteroatoms. The van der Waals surface area contributed by atoms with Gasteiger partial charge < -0.3 is 28.7 Å². The smallest absolute Gasteiger partial charge is 0.246 e. The highest BCUT2D eigenvalue weighted by Gasteiger charge is 2.56. The Bertz CT molecular complexity index is 2550. The Morgan fingerprint density at radius 3 is 1.44 bits per heavy atom. The Morgan fingerprint density at radius 1 is 0.515 bits per heavy atom. The van der Waals surface area contributed by atoms with Gasteiger partial charge in [-0.1, -0.05) is 142 Å². The van der Waals surface area contributed by atoms with E-state index in [2.05, 4.69) is 62.7 Å². The van der Waals surface area contributed by atoms with E-state index in [-0.39, 0.29) is 17.7 Å². The van der Waals surface area contributed by atoms with E-state index in [9.17, 15) is 0 Å². The number of hydrogen-bond acceptors (Lipinski definition) is 6. The second kappa shape index (κ2) is 20.7. The normalized spacial score (nSPS) is 17.9. The molecule has 0 saturated heterocycles. The van der Waals surface area contributed by atoms with E-state index >= 15 is 9.59 Å². The summed E-state index contributed by atoms with van der Waals surface area (Å²) in [7, 11) is 0. The molecule has 0 radical (unpaired) electrons. The largest absolute Gasteiger partial charge is 0.490 e. The number of nitrogens with zero attached hydrogens (tertiary/aromatic N) is 2. The lowest BCUT2D eigenvalue weighted by atomic mass is 9.64. The molecule has 336 valence electrons. The van der Waals surface area contributed by atoms with Crippen LogP contribution in [0, 0.1) is 5.92 Å². The highest BCUT2D eigenvalue weighted by molar-refractivity contribution is 6.13. The zero-order valence-electron chi connectivity index (χ0n) is 37.6. The first-order chi connectivity index (χ1) is 32.4. The van der Waals surface area contributed by atoms with Gasteiger partial charge in [0, 0.05) is 35.9 Å². The number of para-hydroxylation sites is 2. The molecule has 2 unspecified atom stereocenters.